The van der Waals surface area contributed by atoms with E-state index in [1.54, 1.807) is 17.9 Å². The van der Waals surface area contributed by atoms with E-state index in [0.29, 0.717) is 5.56 Å². The van der Waals surface area contributed by atoms with Gasteiger partial charge in [0.15, 0.2) is 0 Å². The number of halogens is 1. The molecular weight excluding hydrogens is 271 g/mol. The molecule has 0 unspecified atom stereocenters. The van der Waals surface area contributed by atoms with E-state index in [0.717, 1.165) is 6.07 Å². The summed E-state index contributed by atoms with van der Waals surface area (Å²) in [5.74, 6) is -0.876. The minimum Gasteiger partial charge on any atom is -0.398 e. The molecule has 1 aromatic carbocycles. The van der Waals surface area contributed by atoms with Crippen molar-refractivity contribution < 1.29 is 12.8 Å². The summed E-state index contributed by atoms with van der Waals surface area (Å²) in [6.45, 7) is 0.0178. The minimum absolute atomic E-state index is 0.0178. The van der Waals surface area contributed by atoms with Crippen LogP contribution in [-0.2, 0) is 23.6 Å². The van der Waals surface area contributed by atoms with E-state index in [1.807, 2.05) is 0 Å². The van der Waals surface area contributed by atoms with Crippen LogP contribution in [0.5, 0.6) is 0 Å². The molecule has 3 N–H and O–H groups in total. The summed E-state index contributed by atoms with van der Waals surface area (Å²) in [5.41, 5.74) is 6.05. The van der Waals surface area contributed by atoms with Gasteiger partial charge in [-0.25, -0.2) is 17.5 Å². The Bertz CT molecular complexity index is 676. The average molecular weight is 284 g/mol. The zero-order valence-electron chi connectivity index (χ0n) is 10.2. The zero-order chi connectivity index (χ0) is 14.0. The van der Waals surface area contributed by atoms with Crippen molar-refractivity contribution in [3.05, 3.63) is 42.0 Å². The highest BCUT2D eigenvalue weighted by Gasteiger charge is 2.21. The van der Waals surface area contributed by atoms with Gasteiger partial charge in [-0.1, -0.05) is 6.07 Å². The third-order valence-corrected chi connectivity index (χ3v) is 3.98. The molecule has 0 fully saturated rings. The Labute approximate surface area is 110 Å². The predicted molar refractivity (Wildman–Crippen MR) is 68.0 cm³/mol. The van der Waals surface area contributed by atoms with E-state index in [-0.39, 0.29) is 12.2 Å². The number of nitrogens with zero attached hydrogens (tertiary/aromatic N) is 2. The second-order valence-electron chi connectivity index (χ2n) is 4.00. The number of nitrogen functional groups attached to an aromatic ring is 1. The van der Waals surface area contributed by atoms with Gasteiger partial charge < -0.3 is 5.73 Å². The average Bonchev–Trinajstić information content (AvgIpc) is 2.72. The SMILES string of the molecule is Cn1cc(CNS(=O)(=O)c2c(N)cccc2F)cn1. The van der Waals surface area contributed by atoms with Crippen LogP contribution in [0.4, 0.5) is 10.1 Å². The van der Waals surface area contributed by atoms with Crippen molar-refractivity contribution in [2.75, 3.05) is 5.73 Å². The Kier molecular flexibility index (Phi) is 3.54. The number of hydrogen-bond acceptors (Lipinski definition) is 4. The van der Waals surface area contributed by atoms with Gasteiger partial charge >= 0.3 is 0 Å². The summed E-state index contributed by atoms with van der Waals surface area (Å²) in [4.78, 5) is -0.529. The number of nitrogens with two attached hydrogens (primary N) is 1. The molecule has 1 heterocycles. The third-order valence-electron chi connectivity index (χ3n) is 2.49. The van der Waals surface area contributed by atoms with Crippen LogP contribution >= 0.6 is 0 Å². The maximum absolute atomic E-state index is 13.6. The van der Waals surface area contributed by atoms with Crippen LogP contribution < -0.4 is 10.5 Å². The van der Waals surface area contributed by atoms with Crippen molar-refractivity contribution in [1.82, 2.24) is 14.5 Å². The molecule has 0 aliphatic carbocycles. The quantitative estimate of drug-likeness (QED) is 0.805. The lowest BCUT2D eigenvalue weighted by molar-refractivity contribution is 0.558. The van der Waals surface area contributed by atoms with Crippen LogP contribution in [0.1, 0.15) is 5.56 Å². The first-order valence-electron chi connectivity index (χ1n) is 5.41. The summed E-state index contributed by atoms with van der Waals surface area (Å²) in [6, 6.07) is 3.74. The largest absolute Gasteiger partial charge is 0.398 e. The molecule has 102 valence electrons. The molecule has 2 aromatic rings. The molecular formula is C11H13FN4O2S. The molecule has 19 heavy (non-hydrogen) atoms. The zero-order valence-corrected chi connectivity index (χ0v) is 11.0. The normalized spacial score (nSPS) is 11.7. The predicted octanol–water partition coefficient (Wildman–Crippen LogP) is 0.620. The monoisotopic (exact) mass is 284 g/mol. The van der Waals surface area contributed by atoms with Crippen molar-refractivity contribution in [2.45, 2.75) is 11.4 Å². The van der Waals surface area contributed by atoms with Gasteiger partial charge in [0.05, 0.1) is 11.9 Å². The first-order valence-corrected chi connectivity index (χ1v) is 6.89. The number of rotatable bonds is 4. The molecule has 0 spiro atoms. The Morgan fingerprint density at radius 3 is 2.79 bits per heavy atom. The molecule has 8 heteroatoms. The molecule has 6 nitrogen and oxygen atoms in total. The van der Waals surface area contributed by atoms with Gasteiger partial charge in [-0.05, 0) is 12.1 Å². The summed E-state index contributed by atoms with van der Waals surface area (Å²) in [5, 5.41) is 3.91. The maximum atomic E-state index is 13.6. The van der Waals surface area contributed by atoms with Crippen LogP contribution in [-0.4, -0.2) is 18.2 Å². The van der Waals surface area contributed by atoms with Gasteiger partial charge in [-0.3, -0.25) is 4.68 Å². The highest BCUT2D eigenvalue weighted by Crippen LogP contribution is 2.21. The van der Waals surface area contributed by atoms with Gasteiger partial charge in [0, 0.05) is 25.4 Å². The summed E-state index contributed by atoms with van der Waals surface area (Å²) >= 11 is 0. The minimum atomic E-state index is -4.00. The summed E-state index contributed by atoms with van der Waals surface area (Å²) in [6.07, 6.45) is 3.18. The van der Waals surface area contributed by atoms with Crippen LogP contribution in [0.15, 0.2) is 35.5 Å². The fourth-order valence-corrected chi connectivity index (χ4v) is 2.83. The number of anilines is 1. The second kappa shape index (κ2) is 4.98. The molecule has 0 aliphatic heterocycles. The first-order chi connectivity index (χ1) is 8.90. The third kappa shape index (κ3) is 2.91. The maximum Gasteiger partial charge on any atom is 0.245 e. The van der Waals surface area contributed by atoms with Gasteiger partial charge in [0.2, 0.25) is 10.0 Å². The Balaban J connectivity index is 2.23. The standard InChI is InChI=1S/C11H13FN4O2S/c1-16-7-8(5-14-16)6-15-19(17,18)11-9(12)3-2-4-10(11)13/h2-5,7,15H,6,13H2,1H3. The van der Waals surface area contributed by atoms with Crippen molar-refractivity contribution in [1.29, 1.82) is 0 Å². The van der Waals surface area contributed by atoms with E-state index in [4.69, 9.17) is 5.73 Å². The Hall–Kier alpha value is -1.93. The van der Waals surface area contributed by atoms with E-state index in [9.17, 15) is 12.8 Å². The van der Waals surface area contributed by atoms with E-state index in [1.165, 1.54) is 18.3 Å². The van der Waals surface area contributed by atoms with Crippen LogP contribution in [0, 0.1) is 5.82 Å². The van der Waals surface area contributed by atoms with Gasteiger partial charge in [-0.15, -0.1) is 0 Å². The number of nitrogens with one attached hydrogen (secondary N) is 1. The van der Waals surface area contributed by atoms with Crippen LogP contribution in [0.2, 0.25) is 0 Å². The lowest BCUT2D eigenvalue weighted by Gasteiger charge is -2.09. The molecule has 0 saturated carbocycles. The second-order valence-corrected chi connectivity index (χ2v) is 5.71. The molecule has 0 atom stereocenters. The molecule has 1 aromatic heterocycles. The first kappa shape index (κ1) is 13.5. The van der Waals surface area contributed by atoms with Crippen LogP contribution in [0.3, 0.4) is 0 Å². The lowest BCUT2D eigenvalue weighted by atomic mass is 10.3. The highest BCUT2D eigenvalue weighted by atomic mass is 32.2. The Morgan fingerprint density at radius 2 is 2.21 bits per heavy atom. The number of aryl methyl sites for hydroxylation is 1. The molecule has 0 saturated heterocycles. The summed E-state index contributed by atoms with van der Waals surface area (Å²) in [7, 11) is -2.28. The number of hydrogen-bond donors (Lipinski definition) is 2. The van der Waals surface area contributed by atoms with Gasteiger partial charge in [-0.2, -0.15) is 5.10 Å². The molecule has 0 radical (unpaired) electrons. The van der Waals surface area contributed by atoms with Crippen molar-refractivity contribution >= 4 is 15.7 Å². The molecule has 0 aliphatic rings. The fraction of sp³-hybridized carbons (Fsp3) is 0.182. The number of benzene rings is 1. The van der Waals surface area contributed by atoms with E-state index in [2.05, 4.69) is 9.82 Å². The Morgan fingerprint density at radius 1 is 1.47 bits per heavy atom. The van der Waals surface area contributed by atoms with Crippen LogP contribution in [0.25, 0.3) is 0 Å². The topological polar surface area (TPSA) is 90.0 Å². The molecule has 2 rings (SSSR count). The molecule has 0 amide bonds. The highest BCUT2D eigenvalue weighted by molar-refractivity contribution is 7.89. The number of aromatic nitrogens is 2. The summed E-state index contributed by atoms with van der Waals surface area (Å²) < 4.78 is 41.4. The van der Waals surface area contributed by atoms with E-state index >= 15 is 0 Å². The van der Waals surface area contributed by atoms with Crippen molar-refractivity contribution in [3.8, 4) is 0 Å². The molecule has 0 bridgehead atoms. The smallest absolute Gasteiger partial charge is 0.245 e. The van der Waals surface area contributed by atoms with Gasteiger partial charge in [0.25, 0.3) is 0 Å². The number of sulfonamides is 1. The van der Waals surface area contributed by atoms with Gasteiger partial charge in [0.1, 0.15) is 10.7 Å². The van der Waals surface area contributed by atoms with E-state index < -0.39 is 20.7 Å². The lowest BCUT2D eigenvalue weighted by Crippen LogP contribution is -2.25. The van der Waals surface area contributed by atoms with Crippen molar-refractivity contribution in [3.63, 3.8) is 0 Å². The fourth-order valence-electron chi connectivity index (χ4n) is 1.62. The van der Waals surface area contributed by atoms with Crippen molar-refractivity contribution in [2.24, 2.45) is 7.05 Å².